The van der Waals surface area contributed by atoms with E-state index in [4.69, 9.17) is 0 Å². The Kier molecular flexibility index (Phi) is 5.27. The van der Waals surface area contributed by atoms with Crippen LogP contribution in [0.1, 0.15) is 53.9 Å². The van der Waals surface area contributed by atoms with Crippen LogP contribution in [0.3, 0.4) is 0 Å². The van der Waals surface area contributed by atoms with E-state index >= 15 is 0 Å². The van der Waals surface area contributed by atoms with Gasteiger partial charge < -0.3 is 0 Å². The van der Waals surface area contributed by atoms with E-state index < -0.39 is 0 Å². The molecule has 0 spiro atoms. The van der Waals surface area contributed by atoms with Crippen LogP contribution in [0.2, 0.25) is 0 Å². The van der Waals surface area contributed by atoms with Gasteiger partial charge in [-0.3, -0.25) is 0 Å². The first-order chi connectivity index (χ1) is 5.13. The normalized spacial score (nSPS) is 12.8. The summed E-state index contributed by atoms with van der Waals surface area (Å²) in [7, 11) is 0. The van der Waals surface area contributed by atoms with Crippen LogP contribution in [-0.4, -0.2) is 0 Å². The fourth-order valence-corrected chi connectivity index (χ4v) is 1.80. The Morgan fingerprint density at radius 1 is 1.18 bits per heavy atom. The minimum absolute atomic E-state index is 0.801. The van der Waals surface area contributed by atoms with Crippen molar-refractivity contribution >= 4 is 0 Å². The molecule has 0 aliphatic heterocycles. The lowest BCUT2D eigenvalue weighted by Gasteiger charge is -2.15. The first kappa shape index (κ1) is 10.7. The molecule has 0 aliphatic carbocycles. The smallest absolute Gasteiger partial charge is 0.0229 e. The van der Waals surface area contributed by atoms with Gasteiger partial charge in [-0.05, 0) is 32.6 Å². The number of hydrogen-bond acceptors (Lipinski definition) is 0. The van der Waals surface area contributed by atoms with Crippen molar-refractivity contribution in [3.05, 3.63) is 11.1 Å². The zero-order valence-corrected chi connectivity index (χ0v) is 8.70. The van der Waals surface area contributed by atoms with Crippen LogP contribution in [0.25, 0.3) is 0 Å². The molecule has 0 aliphatic rings. The predicted octanol–water partition coefficient (Wildman–Crippen LogP) is 4.17. The number of hydrogen-bond donors (Lipinski definition) is 0. The summed E-state index contributed by atoms with van der Waals surface area (Å²) in [6.45, 7) is 11.3. The molecule has 11 heavy (non-hydrogen) atoms. The van der Waals surface area contributed by atoms with Crippen LogP contribution in [0.5, 0.6) is 0 Å². The molecule has 0 radical (unpaired) electrons. The van der Waals surface area contributed by atoms with Crippen LogP contribution >= 0.6 is 0 Å². The molecule has 0 amide bonds. The molecule has 1 unspecified atom stereocenters. The van der Waals surface area contributed by atoms with Crippen LogP contribution < -0.4 is 0 Å². The Bertz CT molecular complexity index is 127. The van der Waals surface area contributed by atoms with Crippen molar-refractivity contribution in [1.29, 1.82) is 0 Å². The lowest BCUT2D eigenvalue weighted by Crippen LogP contribution is -1.99. The van der Waals surface area contributed by atoms with Crippen LogP contribution in [0, 0.1) is 5.92 Å². The van der Waals surface area contributed by atoms with Gasteiger partial charge in [0.05, 0.1) is 0 Å². The molecule has 0 aromatic carbocycles. The van der Waals surface area contributed by atoms with Gasteiger partial charge in [0.2, 0.25) is 0 Å². The van der Waals surface area contributed by atoms with Crippen molar-refractivity contribution in [2.45, 2.75) is 53.9 Å². The Balaban J connectivity index is 4.15. The highest BCUT2D eigenvalue weighted by molar-refractivity contribution is 5.11. The third-order valence-corrected chi connectivity index (χ3v) is 2.34. The van der Waals surface area contributed by atoms with E-state index in [9.17, 15) is 0 Å². The monoisotopic (exact) mass is 154 g/mol. The topological polar surface area (TPSA) is 0 Å². The highest BCUT2D eigenvalue weighted by Crippen LogP contribution is 2.22. The second kappa shape index (κ2) is 5.40. The molecular weight excluding hydrogens is 132 g/mol. The van der Waals surface area contributed by atoms with Gasteiger partial charge in [-0.1, -0.05) is 38.3 Å². The van der Waals surface area contributed by atoms with Crippen molar-refractivity contribution in [3.63, 3.8) is 0 Å². The van der Waals surface area contributed by atoms with Crippen molar-refractivity contribution in [2.75, 3.05) is 0 Å². The average Bonchev–Trinajstić information content (AvgIpc) is 1.88. The SMILES string of the molecule is CCCC(C)C(CC)=C(C)C. The van der Waals surface area contributed by atoms with Gasteiger partial charge in [0.15, 0.2) is 0 Å². The largest absolute Gasteiger partial charge is 0.0770 e. The Morgan fingerprint density at radius 2 is 1.73 bits per heavy atom. The van der Waals surface area contributed by atoms with Gasteiger partial charge in [-0.15, -0.1) is 0 Å². The fraction of sp³-hybridized carbons (Fsp3) is 0.818. The first-order valence-electron chi connectivity index (χ1n) is 4.79. The third-order valence-electron chi connectivity index (χ3n) is 2.34. The maximum absolute atomic E-state index is 2.34. The minimum atomic E-state index is 0.801. The quantitative estimate of drug-likeness (QED) is 0.533. The highest BCUT2D eigenvalue weighted by Gasteiger charge is 2.06. The summed E-state index contributed by atoms with van der Waals surface area (Å²) in [5, 5.41) is 0. The molecule has 0 rings (SSSR count). The van der Waals surface area contributed by atoms with E-state index in [0.29, 0.717) is 0 Å². The van der Waals surface area contributed by atoms with Crippen molar-refractivity contribution in [2.24, 2.45) is 5.92 Å². The summed E-state index contributed by atoms with van der Waals surface area (Å²) in [4.78, 5) is 0. The predicted molar refractivity (Wildman–Crippen MR) is 52.7 cm³/mol. The molecule has 0 aromatic rings. The molecule has 0 N–H and O–H groups in total. The van der Waals surface area contributed by atoms with Gasteiger partial charge in [0.25, 0.3) is 0 Å². The molecule has 0 nitrogen and oxygen atoms in total. The molecule has 0 heterocycles. The highest BCUT2D eigenvalue weighted by atomic mass is 14.1. The molecule has 0 aromatic heterocycles. The second-order valence-corrected chi connectivity index (χ2v) is 3.57. The lowest BCUT2D eigenvalue weighted by molar-refractivity contribution is 0.580. The van der Waals surface area contributed by atoms with E-state index in [-0.39, 0.29) is 0 Å². The van der Waals surface area contributed by atoms with Crippen molar-refractivity contribution in [1.82, 2.24) is 0 Å². The molecule has 0 saturated carbocycles. The maximum atomic E-state index is 2.34. The zero-order chi connectivity index (χ0) is 8.85. The van der Waals surface area contributed by atoms with Crippen LogP contribution in [0.15, 0.2) is 11.1 Å². The van der Waals surface area contributed by atoms with Crippen LogP contribution in [0.4, 0.5) is 0 Å². The second-order valence-electron chi connectivity index (χ2n) is 3.57. The standard InChI is InChI=1S/C11H22/c1-6-8-10(5)11(7-2)9(3)4/h10H,6-8H2,1-5H3. The van der Waals surface area contributed by atoms with Gasteiger partial charge in [0, 0.05) is 0 Å². The van der Waals surface area contributed by atoms with E-state index in [1.807, 2.05) is 0 Å². The Labute approximate surface area is 71.7 Å². The van der Waals surface area contributed by atoms with Gasteiger partial charge >= 0.3 is 0 Å². The molecule has 0 saturated heterocycles. The summed E-state index contributed by atoms with van der Waals surface area (Å²) in [5.74, 6) is 0.801. The molecule has 66 valence electrons. The zero-order valence-electron chi connectivity index (χ0n) is 8.70. The summed E-state index contributed by atoms with van der Waals surface area (Å²) < 4.78 is 0. The maximum Gasteiger partial charge on any atom is -0.0229 e. The average molecular weight is 154 g/mol. The summed E-state index contributed by atoms with van der Waals surface area (Å²) in [6, 6.07) is 0. The number of allylic oxidation sites excluding steroid dienone is 2. The van der Waals surface area contributed by atoms with E-state index in [1.165, 1.54) is 24.8 Å². The molecule has 0 bridgehead atoms. The third kappa shape index (κ3) is 3.60. The van der Waals surface area contributed by atoms with Gasteiger partial charge in [-0.2, -0.15) is 0 Å². The lowest BCUT2D eigenvalue weighted by atomic mass is 9.91. The minimum Gasteiger partial charge on any atom is -0.0770 e. The summed E-state index contributed by atoms with van der Waals surface area (Å²) in [6.07, 6.45) is 3.87. The van der Waals surface area contributed by atoms with Crippen LogP contribution in [-0.2, 0) is 0 Å². The van der Waals surface area contributed by atoms with Crippen molar-refractivity contribution in [3.8, 4) is 0 Å². The number of rotatable bonds is 4. The molecular formula is C11H22. The van der Waals surface area contributed by atoms with E-state index in [2.05, 4.69) is 34.6 Å². The van der Waals surface area contributed by atoms with E-state index in [0.717, 1.165) is 5.92 Å². The van der Waals surface area contributed by atoms with Gasteiger partial charge in [-0.25, -0.2) is 0 Å². The Morgan fingerprint density at radius 3 is 2.00 bits per heavy atom. The molecule has 0 fully saturated rings. The fourth-order valence-electron chi connectivity index (χ4n) is 1.80. The molecule has 0 heteroatoms. The van der Waals surface area contributed by atoms with Gasteiger partial charge in [0.1, 0.15) is 0 Å². The van der Waals surface area contributed by atoms with Crippen molar-refractivity contribution < 1.29 is 0 Å². The summed E-state index contributed by atoms with van der Waals surface area (Å²) >= 11 is 0. The van der Waals surface area contributed by atoms with E-state index in [1.54, 1.807) is 5.57 Å². The summed E-state index contributed by atoms with van der Waals surface area (Å²) in [5.41, 5.74) is 3.18. The molecule has 1 atom stereocenters. The Hall–Kier alpha value is -0.260. The first-order valence-corrected chi connectivity index (χ1v) is 4.79.